The van der Waals surface area contributed by atoms with Gasteiger partial charge in [-0.3, -0.25) is 4.90 Å². The fraction of sp³-hybridized carbons (Fsp3) is 0.412. The maximum absolute atomic E-state index is 13.3. The van der Waals surface area contributed by atoms with Crippen molar-refractivity contribution in [3.05, 3.63) is 54.6 Å². The van der Waals surface area contributed by atoms with E-state index in [4.69, 9.17) is 4.74 Å². The molecule has 1 saturated heterocycles. The summed E-state index contributed by atoms with van der Waals surface area (Å²) in [4.78, 5) is 1.92. The Morgan fingerprint density at radius 3 is 2.76 bits per heavy atom. The van der Waals surface area contributed by atoms with Crippen LogP contribution in [0.15, 0.2) is 43.5 Å². The van der Waals surface area contributed by atoms with Gasteiger partial charge in [-0.2, -0.15) is 0 Å². The van der Waals surface area contributed by atoms with Crippen molar-refractivity contribution in [3.8, 4) is 5.75 Å². The average Bonchev–Trinajstić information content (AvgIpc) is 2.77. The summed E-state index contributed by atoms with van der Waals surface area (Å²) in [5.41, 5.74) is 2.14. The molecule has 3 nitrogen and oxygen atoms in total. The van der Waals surface area contributed by atoms with Crippen molar-refractivity contribution in [1.29, 1.82) is 0 Å². The molecule has 1 aromatic rings. The number of aliphatic hydroxyl groups excluding tert-OH is 1. The maximum Gasteiger partial charge on any atom is 0.140 e. The van der Waals surface area contributed by atoms with E-state index in [1.807, 2.05) is 23.1 Å². The van der Waals surface area contributed by atoms with Gasteiger partial charge in [0.15, 0.2) is 0 Å². The molecular weight excluding hydrogens is 269 g/mol. The Bertz CT molecular complexity index is 494. The van der Waals surface area contributed by atoms with Gasteiger partial charge in [0.1, 0.15) is 18.5 Å². The molecule has 1 heterocycles. The smallest absolute Gasteiger partial charge is 0.140 e. The molecule has 0 unspecified atom stereocenters. The van der Waals surface area contributed by atoms with Crippen LogP contribution < -0.4 is 4.74 Å². The lowest BCUT2D eigenvalue weighted by Crippen LogP contribution is -2.21. The van der Waals surface area contributed by atoms with E-state index in [2.05, 4.69) is 19.2 Å². The Labute approximate surface area is 125 Å². The molecule has 0 spiro atoms. The first-order chi connectivity index (χ1) is 10.1. The predicted molar refractivity (Wildman–Crippen MR) is 82.2 cm³/mol. The summed E-state index contributed by atoms with van der Waals surface area (Å²) in [6.45, 7) is 9.16. The van der Waals surface area contributed by atoms with Gasteiger partial charge in [0.05, 0.1) is 6.10 Å². The lowest BCUT2D eigenvalue weighted by atomic mass is 10.1. The molecule has 2 atom stereocenters. The highest BCUT2D eigenvalue weighted by Crippen LogP contribution is 2.23. The van der Waals surface area contributed by atoms with Crippen LogP contribution in [0.1, 0.15) is 11.1 Å². The largest absolute Gasteiger partial charge is 0.489 e. The number of nitrogens with zero attached hydrogens (tertiary/aromatic N) is 1. The number of likely N-dealkylation sites (tertiary alicyclic amines) is 1. The SMILES string of the molecule is C=CCOc1ccc(CN2C[C@@H](O)[C@H](F)C2)cc1CC=C. The molecule has 0 aliphatic carbocycles. The first kappa shape index (κ1) is 15.7. The van der Waals surface area contributed by atoms with E-state index >= 15 is 0 Å². The minimum Gasteiger partial charge on any atom is -0.489 e. The zero-order chi connectivity index (χ0) is 15.2. The Hall–Kier alpha value is -1.65. The van der Waals surface area contributed by atoms with Gasteiger partial charge in [0, 0.05) is 19.6 Å². The van der Waals surface area contributed by atoms with E-state index in [9.17, 15) is 9.50 Å². The zero-order valence-electron chi connectivity index (χ0n) is 12.2. The second-order valence-electron chi connectivity index (χ2n) is 5.31. The van der Waals surface area contributed by atoms with Crippen LogP contribution in [-0.2, 0) is 13.0 Å². The fourth-order valence-electron chi connectivity index (χ4n) is 2.54. The van der Waals surface area contributed by atoms with Crippen molar-refractivity contribution in [2.24, 2.45) is 0 Å². The third kappa shape index (κ3) is 4.16. The minimum atomic E-state index is -1.15. The van der Waals surface area contributed by atoms with Crippen LogP contribution in [0, 0.1) is 0 Å². The molecule has 0 aromatic heterocycles. The zero-order valence-corrected chi connectivity index (χ0v) is 12.2. The van der Waals surface area contributed by atoms with E-state index in [0.29, 0.717) is 26.1 Å². The van der Waals surface area contributed by atoms with Gasteiger partial charge in [0.25, 0.3) is 0 Å². The first-order valence-electron chi connectivity index (χ1n) is 7.15. The number of allylic oxidation sites excluding steroid dienone is 1. The molecule has 0 radical (unpaired) electrons. The fourth-order valence-corrected chi connectivity index (χ4v) is 2.54. The number of β-amino-alcohol motifs (C(OH)–C–C–N with tert-alkyl or cyclic N) is 1. The summed E-state index contributed by atoms with van der Waals surface area (Å²) in [6, 6.07) is 5.96. The Morgan fingerprint density at radius 2 is 2.14 bits per heavy atom. The van der Waals surface area contributed by atoms with Crippen molar-refractivity contribution >= 4 is 0 Å². The lowest BCUT2D eigenvalue weighted by Gasteiger charge is -2.16. The topological polar surface area (TPSA) is 32.7 Å². The van der Waals surface area contributed by atoms with Crippen LogP contribution in [0.25, 0.3) is 0 Å². The van der Waals surface area contributed by atoms with Crippen LogP contribution in [-0.4, -0.2) is 42.0 Å². The Morgan fingerprint density at radius 1 is 1.33 bits per heavy atom. The highest BCUT2D eigenvalue weighted by molar-refractivity contribution is 5.38. The van der Waals surface area contributed by atoms with Crippen molar-refractivity contribution in [2.45, 2.75) is 25.2 Å². The van der Waals surface area contributed by atoms with Crippen LogP contribution in [0.4, 0.5) is 4.39 Å². The Balaban J connectivity index is 2.08. The normalized spacial score (nSPS) is 22.2. The molecule has 0 saturated carbocycles. The van der Waals surface area contributed by atoms with Gasteiger partial charge in [-0.1, -0.05) is 30.9 Å². The molecule has 1 fully saturated rings. The highest BCUT2D eigenvalue weighted by Gasteiger charge is 2.30. The molecule has 114 valence electrons. The highest BCUT2D eigenvalue weighted by atomic mass is 19.1. The van der Waals surface area contributed by atoms with Crippen molar-refractivity contribution in [3.63, 3.8) is 0 Å². The second kappa shape index (κ2) is 7.38. The molecular formula is C17H22FNO2. The quantitative estimate of drug-likeness (QED) is 0.784. The van der Waals surface area contributed by atoms with Crippen molar-refractivity contribution in [2.75, 3.05) is 19.7 Å². The molecule has 1 aromatic carbocycles. The van der Waals surface area contributed by atoms with E-state index in [1.165, 1.54) is 0 Å². The molecule has 1 aliphatic rings. The summed E-state index contributed by atoms with van der Waals surface area (Å²) < 4.78 is 19.0. The van der Waals surface area contributed by atoms with E-state index < -0.39 is 12.3 Å². The van der Waals surface area contributed by atoms with E-state index in [1.54, 1.807) is 6.08 Å². The van der Waals surface area contributed by atoms with Crippen molar-refractivity contribution in [1.82, 2.24) is 4.90 Å². The van der Waals surface area contributed by atoms with Crippen LogP contribution >= 0.6 is 0 Å². The summed E-state index contributed by atoms with van der Waals surface area (Å²) in [5.74, 6) is 0.823. The van der Waals surface area contributed by atoms with Gasteiger partial charge < -0.3 is 9.84 Å². The summed E-state index contributed by atoms with van der Waals surface area (Å²) in [6.07, 6.45) is 2.24. The summed E-state index contributed by atoms with van der Waals surface area (Å²) in [7, 11) is 0. The number of hydrogen-bond donors (Lipinski definition) is 1. The van der Waals surface area contributed by atoms with E-state index in [0.717, 1.165) is 16.9 Å². The summed E-state index contributed by atoms with van der Waals surface area (Å²) in [5, 5.41) is 9.47. The standard InChI is InChI=1S/C17H22FNO2/c1-3-5-14-9-13(6-7-17(14)21-8-4-2)10-19-11-15(18)16(20)12-19/h3-4,6-7,9,15-16,20H,1-2,5,8,10-12H2/t15-,16-/m1/s1. The minimum absolute atomic E-state index is 0.284. The number of aliphatic hydroxyl groups is 1. The second-order valence-corrected chi connectivity index (χ2v) is 5.31. The molecule has 2 rings (SSSR count). The molecule has 1 aliphatic heterocycles. The molecule has 4 heteroatoms. The van der Waals surface area contributed by atoms with Crippen LogP contribution in [0.2, 0.25) is 0 Å². The maximum atomic E-state index is 13.3. The first-order valence-corrected chi connectivity index (χ1v) is 7.15. The molecule has 21 heavy (non-hydrogen) atoms. The Kier molecular flexibility index (Phi) is 5.53. The molecule has 1 N–H and O–H groups in total. The van der Waals surface area contributed by atoms with Gasteiger partial charge in [-0.15, -0.1) is 6.58 Å². The number of halogens is 1. The third-order valence-electron chi connectivity index (χ3n) is 3.55. The number of ether oxygens (including phenoxy) is 1. The van der Waals surface area contributed by atoms with Gasteiger partial charge in [-0.05, 0) is 23.6 Å². The number of hydrogen-bond acceptors (Lipinski definition) is 3. The number of rotatable bonds is 7. The molecule has 0 bridgehead atoms. The van der Waals surface area contributed by atoms with E-state index in [-0.39, 0.29) is 6.54 Å². The number of benzene rings is 1. The van der Waals surface area contributed by atoms with Gasteiger partial charge >= 0.3 is 0 Å². The molecule has 0 amide bonds. The van der Waals surface area contributed by atoms with Crippen molar-refractivity contribution < 1.29 is 14.2 Å². The monoisotopic (exact) mass is 291 g/mol. The summed E-state index contributed by atoms with van der Waals surface area (Å²) >= 11 is 0. The average molecular weight is 291 g/mol. The van der Waals surface area contributed by atoms with Gasteiger partial charge in [-0.25, -0.2) is 4.39 Å². The number of alkyl halides is 1. The van der Waals surface area contributed by atoms with Crippen LogP contribution in [0.3, 0.4) is 0 Å². The van der Waals surface area contributed by atoms with Gasteiger partial charge in [0.2, 0.25) is 0 Å². The third-order valence-corrected chi connectivity index (χ3v) is 3.55. The predicted octanol–water partition coefficient (Wildman–Crippen LogP) is 2.49. The van der Waals surface area contributed by atoms with Crippen LogP contribution in [0.5, 0.6) is 5.75 Å². The lowest BCUT2D eigenvalue weighted by molar-refractivity contribution is 0.115.